The van der Waals surface area contributed by atoms with Crippen molar-refractivity contribution in [3.63, 3.8) is 0 Å². The van der Waals surface area contributed by atoms with E-state index in [4.69, 9.17) is 5.11 Å². The third kappa shape index (κ3) is 3.10. The molecule has 6 nitrogen and oxygen atoms in total. The highest BCUT2D eigenvalue weighted by Gasteiger charge is 2.02. The summed E-state index contributed by atoms with van der Waals surface area (Å²) in [6, 6.07) is 5.63. The maximum absolute atomic E-state index is 10.3. The molecule has 0 fully saturated rings. The van der Waals surface area contributed by atoms with Crippen LogP contribution < -0.4 is 4.84 Å². The first-order chi connectivity index (χ1) is 6.58. The Morgan fingerprint density at radius 2 is 2.00 bits per heavy atom. The second kappa shape index (κ2) is 4.22. The summed E-state index contributed by atoms with van der Waals surface area (Å²) in [6.07, 6.45) is -0.112. The number of hydrogen-bond donors (Lipinski definition) is 1. The molecule has 0 aliphatic heterocycles. The highest BCUT2D eigenvalue weighted by Crippen LogP contribution is 2.12. The Hall–Kier alpha value is -2.11. The van der Waals surface area contributed by atoms with Crippen LogP contribution in [0.1, 0.15) is 5.56 Å². The van der Waals surface area contributed by atoms with Gasteiger partial charge in [-0.3, -0.25) is 9.63 Å². The molecule has 14 heavy (non-hydrogen) atoms. The molecule has 74 valence electrons. The van der Waals surface area contributed by atoms with Gasteiger partial charge in [0.2, 0.25) is 0 Å². The lowest BCUT2D eigenvalue weighted by Crippen LogP contribution is -2.04. The normalized spacial score (nSPS) is 9.43. The smallest absolute Gasteiger partial charge is 0.307 e. The summed E-state index contributed by atoms with van der Waals surface area (Å²) < 4.78 is 0. The van der Waals surface area contributed by atoms with Gasteiger partial charge < -0.3 is 5.11 Å². The van der Waals surface area contributed by atoms with E-state index < -0.39 is 11.1 Å². The topological polar surface area (TPSA) is 89.7 Å². The van der Waals surface area contributed by atoms with Gasteiger partial charge in [0.1, 0.15) is 5.75 Å². The molecular weight excluding hydrogens is 190 g/mol. The van der Waals surface area contributed by atoms with Crippen LogP contribution in [0.2, 0.25) is 0 Å². The summed E-state index contributed by atoms with van der Waals surface area (Å²) in [6.45, 7) is 0. The first kappa shape index (κ1) is 9.97. The Morgan fingerprint density at radius 1 is 1.43 bits per heavy atom. The lowest BCUT2D eigenvalue weighted by atomic mass is 10.1. The van der Waals surface area contributed by atoms with Crippen molar-refractivity contribution in [2.75, 3.05) is 0 Å². The number of benzene rings is 1. The van der Waals surface area contributed by atoms with Crippen molar-refractivity contribution in [1.82, 2.24) is 0 Å². The Labute approximate surface area is 78.8 Å². The largest absolute Gasteiger partial charge is 0.481 e. The van der Waals surface area contributed by atoms with Gasteiger partial charge in [0, 0.05) is 0 Å². The maximum atomic E-state index is 10.3. The molecule has 0 spiro atoms. The van der Waals surface area contributed by atoms with Crippen LogP contribution in [0.3, 0.4) is 0 Å². The number of rotatable bonds is 4. The molecule has 0 atom stereocenters. The van der Waals surface area contributed by atoms with Crippen molar-refractivity contribution in [2.45, 2.75) is 6.42 Å². The molecule has 0 aliphatic rings. The standard InChI is InChI=1S/C8H7NO5/c10-8(11)5-6-1-3-7(4-2-6)14-9(12)13/h1-4H,5H2,(H,10,11). The van der Waals surface area contributed by atoms with Crippen molar-refractivity contribution >= 4 is 5.97 Å². The van der Waals surface area contributed by atoms with Crippen LogP contribution in [0.4, 0.5) is 0 Å². The average molecular weight is 197 g/mol. The fourth-order valence-electron chi connectivity index (χ4n) is 0.929. The van der Waals surface area contributed by atoms with E-state index in [-0.39, 0.29) is 12.2 Å². The monoisotopic (exact) mass is 197 g/mol. The molecule has 0 unspecified atom stereocenters. The molecule has 1 aromatic rings. The summed E-state index contributed by atoms with van der Waals surface area (Å²) in [4.78, 5) is 24.4. The lowest BCUT2D eigenvalue weighted by Gasteiger charge is -1.99. The van der Waals surface area contributed by atoms with E-state index in [0.29, 0.717) is 5.56 Å². The van der Waals surface area contributed by atoms with Crippen LogP contribution in [0, 0.1) is 10.1 Å². The quantitative estimate of drug-likeness (QED) is 0.571. The highest BCUT2D eigenvalue weighted by molar-refractivity contribution is 5.70. The van der Waals surface area contributed by atoms with E-state index in [0.717, 1.165) is 0 Å². The van der Waals surface area contributed by atoms with Crippen LogP contribution in [0.25, 0.3) is 0 Å². The fraction of sp³-hybridized carbons (Fsp3) is 0.125. The van der Waals surface area contributed by atoms with Gasteiger partial charge in [-0.05, 0) is 17.7 Å². The third-order valence-corrected chi connectivity index (χ3v) is 1.46. The van der Waals surface area contributed by atoms with E-state index in [1.807, 2.05) is 0 Å². The Morgan fingerprint density at radius 3 is 2.43 bits per heavy atom. The minimum absolute atomic E-state index is 0.0733. The van der Waals surface area contributed by atoms with Crippen molar-refractivity contribution in [1.29, 1.82) is 0 Å². The minimum atomic E-state index is -0.951. The van der Waals surface area contributed by atoms with Gasteiger partial charge in [-0.2, -0.15) is 0 Å². The third-order valence-electron chi connectivity index (χ3n) is 1.46. The Balaban J connectivity index is 2.68. The molecule has 0 saturated carbocycles. The molecule has 0 amide bonds. The molecule has 1 aromatic carbocycles. The molecule has 0 radical (unpaired) electrons. The van der Waals surface area contributed by atoms with Crippen LogP contribution in [-0.4, -0.2) is 16.2 Å². The van der Waals surface area contributed by atoms with E-state index in [1.165, 1.54) is 24.3 Å². The number of nitrogens with zero attached hydrogens (tertiary/aromatic N) is 1. The minimum Gasteiger partial charge on any atom is -0.481 e. The zero-order valence-corrected chi connectivity index (χ0v) is 7.04. The van der Waals surface area contributed by atoms with E-state index in [2.05, 4.69) is 4.84 Å². The maximum Gasteiger partial charge on any atom is 0.307 e. The van der Waals surface area contributed by atoms with Crippen molar-refractivity contribution < 1.29 is 19.8 Å². The summed E-state index contributed by atoms with van der Waals surface area (Å²) >= 11 is 0. The summed E-state index contributed by atoms with van der Waals surface area (Å²) in [5.74, 6) is -0.878. The zero-order chi connectivity index (χ0) is 10.6. The zero-order valence-electron chi connectivity index (χ0n) is 7.04. The second-order valence-corrected chi connectivity index (χ2v) is 2.53. The molecule has 1 rings (SSSR count). The lowest BCUT2D eigenvalue weighted by molar-refractivity contribution is -0.711. The first-order valence-corrected chi connectivity index (χ1v) is 3.71. The van der Waals surface area contributed by atoms with Crippen LogP contribution >= 0.6 is 0 Å². The average Bonchev–Trinajstić information content (AvgIpc) is 2.06. The van der Waals surface area contributed by atoms with E-state index in [1.54, 1.807) is 0 Å². The molecule has 0 aromatic heterocycles. The van der Waals surface area contributed by atoms with Crippen molar-refractivity contribution in [2.24, 2.45) is 0 Å². The van der Waals surface area contributed by atoms with Gasteiger partial charge in [0.25, 0.3) is 5.09 Å². The van der Waals surface area contributed by atoms with Gasteiger partial charge in [-0.15, -0.1) is 10.1 Å². The number of carboxylic acid groups (broad SMARTS) is 1. The Bertz CT molecular complexity index is 310. The van der Waals surface area contributed by atoms with Gasteiger partial charge in [0.05, 0.1) is 6.42 Å². The molecule has 0 heterocycles. The molecule has 0 saturated heterocycles. The van der Waals surface area contributed by atoms with E-state index >= 15 is 0 Å². The molecule has 6 heteroatoms. The Kier molecular flexibility index (Phi) is 3.01. The fourth-order valence-corrected chi connectivity index (χ4v) is 0.929. The van der Waals surface area contributed by atoms with Gasteiger partial charge >= 0.3 is 5.97 Å². The predicted molar refractivity (Wildman–Crippen MR) is 45.4 cm³/mol. The number of aliphatic carboxylic acids is 1. The van der Waals surface area contributed by atoms with Crippen molar-refractivity contribution in [3.05, 3.63) is 39.9 Å². The molecule has 0 aliphatic carbocycles. The number of carbonyl (C=O) groups is 1. The highest BCUT2D eigenvalue weighted by atomic mass is 17.0. The molecular formula is C8H7NO5. The van der Waals surface area contributed by atoms with Gasteiger partial charge in [0.15, 0.2) is 0 Å². The molecule has 0 bridgehead atoms. The number of hydrogen-bond acceptors (Lipinski definition) is 4. The van der Waals surface area contributed by atoms with Gasteiger partial charge in [-0.1, -0.05) is 12.1 Å². The first-order valence-electron chi connectivity index (χ1n) is 3.71. The SMILES string of the molecule is O=C(O)Cc1ccc(O[N+](=O)[O-])cc1. The summed E-state index contributed by atoms with van der Waals surface area (Å²) in [7, 11) is 0. The van der Waals surface area contributed by atoms with Crippen LogP contribution in [0.15, 0.2) is 24.3 Å². The summed E-state index contributed by atoms with van der Waals surface area (Å²) in [5, 5.41) is 17.4. The van der Waals surface area contributed by atoms with Crippen LogP contribution in [-0.2, 0) is 11.2 Å². The van der Waals surface area contributed by atoms with Gasteiger partial charge in [-0.25, -0.2) is 0 Å². The van der Waals surface area contributed by atoms with E-state index in [9.17, 15) is 14.9 Å². The van der Waals surface area contributed by atoms with Crippen LogP contribution in [0.5, 0.6) is 5.75 Å². The molecule has 1 N–H and O–H groups in total. The predicted octanol–water partition coefficient (Wildman–Crippen LogP) is 0.884. The second-order valence-electron chi connectivity index (χ2n) is 2.53. The summed E-state index contributed by atoms with van der Waals surface area (Å²) in [5.41, 5.74) is 0.563. The number of carboxylic acids is 1. The van der Waals surface area contributed by atoms with Crippen molar-refractivity contribution in [3.8, 4) is 5.75 Å².